The minimum absolute atomic E-state index is 0.137. The zero-order chi connectivity index (χ0) is 10.7. The van der Waals surface area contributed by atoms with Gasteiger partial charge in [0.15, 0.2) is 0 Å². The van der Waals surface area contributed by atoms with Crippen molar-refractivity contribution in [3.8, 4) is 0 Å². The summed E-state index contributed by atoms with van der Waals surface area (Å²) in [6, 6.07) is 1.67. The molecule has 1 aromatic rings. The summed E-state index contributed by atoms with van der Waals surface area (Å²) in [5.74, 6) is -0.536. The van der Waals surface area contributed by atoms with E-state index in [4.69, 9.17) is 5.11 Å². The number of carbonyl (C=O) groups is 1. The number of anilines is 1. The first kappa shape index (κ1) is 10.6. The average molecular weight is 197 g/mol. The number of rotatable bonds is 4. The van der Waals surface area contributed by atoms with Crippen LogP contribution in [-0.4, -0.2) is 26.9 Å². The Kier molecular flexibility index (Phi) is 3.11. The van der Waals surface area contributed by atoms with E-state index in [9.17, 15) is 4.79 Å². The molecule has 1 heterocycles. The number of hydrogen-bond acceptors (Lipinski definition) is 3. The number of aliphatic carboxylic acids is 1. The van der Waals surface area contributed by atoms with E-state index in [1.165, 1.54) is 0 Å². The molecule has 0 radical (unpaired) electrons. The Morgan fingerprint density at radius 2 is 2.29 bits per heavy atom. The molecule has 0 amide bonds. The molecule has 0 fully saturated rings. The second kappa shape index (κ2) is 4.13. The van der Waals surface area contributed by atoms with Gasteiger partial charge in [0.05, 0.1) is 5.92 Å². The molecule has 2 unspecified atom stereocenters. The van der Waals surface area contributed by atoms with Crippen LogP contribution in [0, 0.1) is 5.92 Å². The van der Waals surface area contributed by atoms with Crippen molar-refractivity contribution in [3.63, 3.8) is 0 Å². The highest BCUT2D eigenvalue weighted by Gasteiger charge is 2.19. The van der Waals surface area contributed by atoms with E-state index in [0.717, 1.165) is 0 Å². The third-order valence-corrected chi connectivity index (χ3v) is 2.23. The van der Waals surface area contributed by atoms with Crippen molar-refractivity contribution < 1.29 is 9.90 Å². The zero-order valence-electron chi connectivity index (χ0n) is 8.56. The molecule has 1 aromatic heterocycles. The van der Waals surface area contributed by atoms with Gasteiger partial charge in [-0.3, -0.25) is 9.48 Å². The van der Waals surface area contributed by atoms with Gasteiger partial charge in [-0.25, -0.2) is 0 Å². The van der Waals surface area contributed by atoms with Gasteiger partial charge in [-0.05, 0) is 13.8 Å². The van der Waals surface area contributed by atoms with E-state index in [1.807, 2.05) is 20.0 Å². The summed E-state index contributed by atoms with van der Waals surface area (Å²) in [4.78, 5) is 10.7. The number of hydrogen-bond donors (Lipinski definition) is 2. The van der Waals surface area contributed by atoms with Crippen LogP contribution < -0.4 is 5.32 Å². The normalized spacial score (nSPS) is 14.8. The molecule has 5 heteroatoms. The summed E-state index contributed by atoms with van der Waals surface area (Å²) in [5.41, 5.74) is 0. The lowest BCUT2D eigenvalue weighted by molar-refractivity contribution is -0.141. The highest BCUT2D eigenvalue weighted by molar-refractivity contribution is 5.70. The highest BCUT2D eigenvalue weighted by atomic mass is 16.4. The fourth-order valence-corrected chi connectivity index (χ4v) is 1.06. The average Bonchev–Trinajstić information content (AvgIpc) is 2.49. The van der Waals surface area contributed by atoms with Gasteiger partial charge < -0.3 is 10.4 Å². The maximum atomic E-state index is 10.7. The van der Waals surface area contributed by atoms with Gasteiger partial charge >= 0.3 is 5.97 Å². The number of carboxylic acids is 1. The quantitative estimate of drug-likeness (QED) is 0.753. The number of aromatic nitrogens is 2. The van der Waals surface area contributed by atoms with Crippen molar-refractivity contribution in [3.05, 3.63) is 12.3 Å². The molecule has 0 bridgehead atoms. The molecule has 2 atom stereocenters. The first-order valence-electron chi connectivity index (χ1n) is 4.49. The van der Waals surface area contributed by atoms with Gasteiger partial charge in [-0.15, -0.1) is 0 Å². The first-order valence-corrected chi connectivity index (χ1v) is 4.49. The fourth-order valence-electron chi connectivity index (χ4n) is 1.06. The summed E-state index contributed by atoms with van der Waals surface area (Å²) in [6.45, 7) is 3.50. The van der Waals surface area contributed by atoms with Gasteiger partial charge in [0.1, 0.15) is 5.82 Å². The van der Waals surface area contributed by atoms with Crippen molar-refractivity contribution in [1.82, 2.24) is 9.78 Å². The van der Waals surface area contributed by atoms with Crippen LogP contribution in [0.3, 0.4) is 0 Å². The predicted octanol–water partition coefficient (Wildman–Crippen LogP) is 0.941. The molecule has 78 valence electrons. The van der Waals surface area contributed by atoms with Crippen LogP contribution in [-0.2, 0) is 11.8 Å². The van der Waals surface area contributed by atoms with Gasteiger partial charge in [-0.2, -0.15) is 5.10 Å². The smallest absolute Gasteiger partial charge is 0.308 e. The Bertz CT molecular complexity index is 322. The van der Waals surface area contributed by atoms with Crippen LogP contribution in [0.5, 0.6) is 0 Å². The topological polar surface area (TPSA) is 67.2 Å². The van der Waals surface area contributed by atoms with Crippen molar-refractivity contribution >= 4 is 11.8 Å². The van der Waals surface area contributed by atoms with Crippen LogP contribution in [0.25, 0.3) is 0 Å². The molecule has 1 rings (SSSR count). The van der Waals surface area contributed by atoms with Crippen LogP contribution in [0.2, 0.25) is 0 Å². The number of carboxylic acid groups (broad SMARTS) is 1. The zero-order valence-corrected chi connectivity index (χ0v) is 8.56. The van der Waals surface area contributed by atoms with Gasteiger partial charge in [0, 0.05) is 25.4 Å². The Labute approximate surface area is 82.7 Å². The van der Waals surface area contributed by atoms with Gasteiger partial charge in [0.25, 0.3) is 0 Å². The Hall–Kier alpha value is -1.52. The van der Waals surface area contributed by atoms with E-state index >= 15 is 0 Å². The van der Waals surface area contributed by atoms with E-state index in [1.54, 1.807) is 17.8 Å². The summed E-state index contributed by atoms with van der Waals surface area (Å²) in [5, 5.41) is 15.9. The second-order valence-electron chi connectivity index (χ2n) is 3.43. The molecular weight excluding hydrogens is 182 g/mol. The molecule has 0 aliphatic carbocycles. The molecule has 0 saturated heterocycles. The third-order valence-electron chi connectivity index (χ3n) is 2.23. The van der Waals surface area contributed by atoms with Gasteiger partial charge in [-0.1, -0.05) is 0 Å². The lowest BCUT2D eigenvalue weighted by atomic mass is 10.0. The maximum absolute atomic E-state index is 10.7. The Balaban J connectivity index is 2.56. The van der Waals surface area contributed by atoms with E-state index in [0.29, 0.717) is 5.82 Å². The fraction of sp³-hybridized carbons (Fsp3) is 0.556. The molecule has 5 nitrogen and oxygen atoms in total. The van der Waals surface area contributed by atoms with Crippen molar-refractivity contribution in [1.29, 1.82) is 0 Å². The monoisotopic (exact) mass is 197 g/mol. The molecule has 2 N–H and O–H groups in total. The van der Waals surface area contributed by atoms with Crippen LogP contribution in [0.4, 0.5) is 5.82 Å². The molecule has 0 aliphatic rings. The summed E-state index contributed by atoms with van der Waals surface area (Å²) in [6.07, 6.45) is 1.81. The standard InChI is InChI=1S/C9H15N3O2/c1-6(9(13)14)7(2)10-8-4-5-12(3)11-8/h4-7H,1-3H3,(H,10,11)(H,13,14). The Morgan fingerprint density at radius 3 is 2.71 bits per heavy atom. The van der Waals surface area contributed by atoms with Crippen molar-refractivity contribution in [2.75, 3.05) is 5.32 Å². The van der Waals surface area contributed by atoms with Crippen LogP contribution >= 0.6 is 0 Å². The minimum Gasteiger partial charge on any atom is -0.481 e. The highest BCUT2D eigenvalue weighted by Crippen LogP contribution is 2.10. The first-order chi connectivity index (χ1) is 6.50. The molecule has 0 aliphatic heterocycles. The van der Waals surface area contributed by atoms with E-state index in [2.05, 4.69) is 10.4 Å². The summed E-state index contributed by atoms with van der Waals surface area (Å²) >= 11 is 0. The molecule has 0 spiro atoms. The summed E-state index contributed by atoms with van der Waals surface area (Å²) in [7, 11) is 1.82. The number of aryl methyl sites for hydroxylation is 1. The largest absolute Gasteiger partial charge is 0.481 e. The summed E-state index contributed by atoms with van der Waals surface area (Å²) < 4.78 is 1.67. The van der Waals surface area contributed by atoms with Crippen LogP contribution in [0.15, 0.2) is 12.3 Å². The number of nitrogens with one attached hydrogen (secondary N) is 1. The molecule has 0 aromatic carbocycles. The third kappa shape index (κ3) is 2.48. The van der Waals surface area contributed by atoms with Gasteiger partial charge in [0.2, 0.25) is 0 Å². The van der Waals surface area contributed by atoms with Crippen molar-refractivity contribution in [2.45, 2.75) is 19.9 Å². The molecular formula is C9H15N3O2. The minimum atomic E-state index is -0.805. The molecule has 0 saturated carbocycles. The van der Waals surface area contributed by atoms with Crippen LogP contribution in [0.1, 0.15) is 13.8 Å². The molecule has 14 heavy (non-hydrogen) atoms. The lowest BCUT2D eigenvalue weighted by Gasteiger charge is -2.16. The van der Waals surface area contributed by atoms with Crippen molar-refractivity contribution in [2.24, 2.45) is 13.0 Å². The number of nitrogens with zero attached hydrogens (tertiary/aromatic N) is 2. The predicted molar refractivity (Wildman–Crippen MR) is 53.1 cm³/mol. The second-order valence-corrected chi connectivity index (χ2v) is 3.43. The van der Waals surface area contributed by atoms with E-state index < -0.39 is 11.9 Å². The Morgan fingerprint density at radius 1 is 1.64 bits per heavy atom. The SMILES string of the molecule is CC(Nc1ccn(C)n1)C(C)C(=O)O. The van der Waals surface area contributed by atoms with E-state index in [-0.39, 0.29) is 6.04 Å². The lowest BCUT2D eigenvalue weighted by Crippen LogP contribution is -2.29. The maximum Gasteiger partial charge on any atom is 0.308 e.